The average molecular weight is 259 g/mol. The van der Waals surface area contributed by atoms with Gasteiger partial charge in [-0.2, -0.15) is 0 Å². The number of nitrogens with zero attached hydrogens (tertiary/aromatic N) is 2. The van der Waals surface area contributed by atoms with E-state index in [0.717, 1.165) is 37.4 Å². The first-order valence-electron chi connectivity index (χ1n) is 7.44. The quantitative estimate of drug-likeness (QED) is 0.828. The predicted molar refractivity (Wildman–Crippen MR) is 81.2 cm³/mol. The molecule has 19 heavy (non-hydrogen) atoms. The number of imidazole rings is 1. The first-order chi connectivity index (χ1) is 9.30. The summed E-state index contributed by atoms with van der Waals surface area (Å²) >= 11 is 0. The van der Waals surface area contributed by atoms with E-state index in [4.69, 9.17) is 10.7 Å². The van der Waals surface area contributed by atoms with Gasteiger partial charge in [0.2, 0.25) is 0 Å². The molecule has 3 heteroatoms. The number of aryl methyl sites for hydroxylation is 2. The highest BCUT2D eigenvalue weighted by Crippen LogP contribution is 2.20. The van der Waals surface area contributed by atoms with Crippen molar-refractivity contribution in [1.82, 2.24) is 9.55 Å². The van der Waals surface area contributed by atoms with E-state index in [0.29, 0.717) is 0 Å². The normalized spacial score (nSPS) is 13.0. The molecule has 1 unspecified atom stereocenters. The summed E-state index contributed by atoms with van der Waals surface area (Å²) in [6.45, 7) is 6.23. The molecule has 104 valence electrons. The van der Waals surface area contributed by atoms with Crippen LogP contribution >= 0.6 is 0 Å². The zero-order chi connectivity index (χ0) is 13.7. The Hall–Kier alpha value is -1.35. The van der Waals surface area contributed by atoms with Crippen LogP contribution in [0.25, 0.3) is 11.0 Å². The van der Waals surface area contributed by atoms with Crippen LogP contribution in [0.3, 0.4) is 0 Å². The van der Waals surface area contributed by atoms with Crippen LogP contribution in [0.15, 0.2) is 24.3 Å². The van der Waals surface area contributed by atoms with Gasteiger partial charge in [-0.15, -0.1) is 0 Å². The SMILES string of the molecule is CCC(CCN)CCc1nc2ccccc2n1CC. The molecule has 0 aliphatic rings. The van der Waals surface area contributed by atoms with E-state index in [2.05, 4.69) is 42.7 Å². The Morgan fingerprint density at radius 2 is 2.00 bits per heavy atom. The third-order valence-corrected chi connectivity index (χ3v) is 3.98. The van der Waals surface area contributed by atoms with Crippen molar-refractivity contribution in [2.24, 2.45) is 11.7 Å². The summed E-state index contributed by atoms with van der Waals surface area (Å²) in [5.74, 6) is 1.95. The van der Waals surface area contributed by atoms with Gasteiger partial charge in [-0.1, -0.05) is 25.5 Å². The molecular weight excluding hydrogens is 234 g/mol. The molecule has 2 aromatic rings. The molecule has 0 radical (unpaired) electrons. The van der Waals surface area contributed by atoms with Crippen LogP contribution in [0, 0.1) is 5.92 Å². The van der Waals surface area contributed by atoms with Crippen LogP contribution in [0.4, 0.5) is 0 Å². The fourth-order valence-corrected chi connectivity index (χ4v) is 2.79. The second-order valence-electron chi connectivity index (χ2n) is 5.15. The molecule has 2 rings (SSSR count). The van der Waals surface area contributed by atoms with Gasteiger partial charge in [0.25, 0.3) is 0 Å². The predicted octanol–water partition coefficient (Wildman–Crippen LogP) is 3.36. The van der Waals surface area contributed by atoms with Crippen LogP contribution in [0.2, 0.25) is 0 Å². The first-order valence-corrected chi connectivity index (χ1v) is 7.44. The number of hydrogen-bond donors (Lipinski definition) is 1. The van der Waals surface area contributed by atoms with E-state index in [1.165, 1.54) is 24.2 Å². The van der Waals surface area contributed by atoms with Gasteiger partial charge in [0.1, 0.15) is 5.82 Å². The molecular formula is C16H25N3. The lowest BCUT2D eigenvalue weighted by molar-refractivity contribution is 0.435. The molecule has 0 aliphatic carbocycles. The molecule has 1 aromatic heterocycles. The molecule has 2 N–H and O–H groups in total. The lowest BCUT2D eigenvalue weighted by Gasteiger charge is -2.13. The number of hydrogen-bond acceptors (Lipinski definition) is 2. The maximum atomic E-state index is 5.67. The van der Waals surface area contributed by atoms with Crippen molar-refractivity contribution < 1.29 is 0 Å². The van der Waals surface area contributed by atoms with Gasteiger partial charge in [0.15, 0.2) is 0 Å². The summed E-state index contributed by atoms with van der Waals surface area (Å²) in [6, 6.07) is 8.40. The number of aromatic nitrogens is 2. The number of fused-ring (bicyclic) bond motifs is 1. The topological polar surface area (TPSA) is 43.8 Å². The van der Waals surface area contributed by atoms with Crippen LogP contribution in [-0.2, 0) is 13.0 Å². The number of nitrogens with two attached hydrogens (primary N) is 1. The van der Waals surface area contributed by atoms with Gasteiger partial charge in [-0.25, -0.2) is 4.98 Å². The Balaban J connectivity index is 2.15. The molecule has 1 atom stereocenters. The lowest BCUT2D eigenvalue weighted by atomic mass is 9.96. The lowest BCUT2D eigenvalue weighted by Crippen LogP contribution is -2.10. The summed E-state index contributed by atoms with van der Waals surface area (Å²) < 4.78 is 2.34. The summed E-state index contributed by atoms with van der Waals surface area (Å²) in [5, 5.41) is 0. The Morgan fingerprint density at radius 3 is 2.68 bits per heavy atom. The molecule has 0 saturated carbocycles. The van der Waals surface area contributed by atoms with Crippen molar-refractivity contribution in [1.29, 1.82) is 0 Å². The maximum absolute atomic E-state index is 5.67. The van der Waals surface area contributed by atoms with Crippen molar-refractivity contribution in [2.75, 3.05) is 6.54 Å². The van der Waals surface area contributed by atoms with Crippen molar-refractivity contribution in [3.8, 4) is 0 Å². The first kappa shape index (κ1) is 14.1. The number of para-hydroxylation sites is 2. The maximum Gasteiger partial charge on any atom is 0.109 e. The molecule has 0 amide bonds. The highest BCUT2D eigenvalue weighted by Gasteiger charge is 2.11. The minimum atomic E-state index is 0.732. The fraction of sp³-hybridized carbons (Fsp3) is 0.562. The van der Waals surface area contributed by atoms with E-state index in [9.17, 15) is 0 Å². The molecule has 0 bridgehead atoms. The second kappa shape index (κ2) is 6.71. The third kappa shape index (κ3) is 3.16. The standard InChI is InChI=1S/C16H25N3/c1-3-13(11-12-17)9-10-16-18-14-7-5-6-8-15(14)19(16)4-2/h5-8,13H,3-4,9-12,17H2,1-2H3. The highest BCUT2D eigenvalue weighted by atomic mass is 15.1. The Morgan fingerprint density at radius 1 is 1.21 bits per heavy atom. The Labute approximate surface area is 115 Å². The van der Waals surface area contributed by atoms with Crippen LogP contribution in [0.1, 0.15) is 38.9 Å². The van der Waals surface area contributed by atoms with Gasteiger partial charge >= 0.3 is 0 Å². The summed E-state index contributed by atoms with van der Waals surface area (Å²) in [4.78, 5) is 4.78. The van der Waals surface area contributed by atoms with Crippen molar-refractivity contribution in [2.45, 2.75) is 46.1 Å². The smallest absolute Gasteiger partial charge is 0.109 e. The van der Waals surface area contributed by atoms with Gasteiger partial charge in [0, 0.05) is 13.0 Å². The molecule has 0 aliphatic heterocycles. The van der Waals surface area contributed by atoms with E-state index >= 15 is 0 Å². The zero-order valence-electron chi connectivity index (χ0n) is 12.1. The van der Waals surface area contributed by atoms with Gasteiger partial charge < -0.3 is 10.3 Å². The van der Waals surface area contributed by atoms with Crippen LogP contribution < -0.4 is 5.73 Å². The molecule has 3 nitrogen and oxygen atoms in total. The summed E-state index contributed by atoms with van der Waals surface area (Å²) in [5.41, 5.74) is 8.04. The van der Waals surface area contributed by atoms with Crippen molar-refractivity contribution in [3.05, 3.63) is 30.1 Å². The number of rotatable bonds is 7. The highest BCUT2D eigenvalue weighted by molar-refractivity contribution is 5.75. The van der Waals surface area contributed by atoms with E-state index in [1.54, 1.807) is 0 Å². The monoisotopic (exact) mass is 259 g/mol. The third-order valence-electron chi connectivity index (χ3n) is 3.98. The molecule has 1 aromatic carbocycles. The van der Waals surface area contributed by atoms with Gasteiger partial charge in [0.05, 0.1) is 11.0 Å². The van der Waals surface area contributed by atoms with Crippen LogP contribution in [-0.4, -0.2) is 16.1 Å². The molecule has 1 heterocycles. The van der Waals surface area contributed by atoms with Gasteiger partial charge in [-0.3, -0.25) is 0 Å². The molecule has 0 fully saturated rings. The largest absolute Gasteiger partial charge is 0.330 e. The molecule has 0 spiro atoms. The van der Waals surface area contributed by atoms with Crippen LogP contribution in [0.5, 0.6) is 0 Å². The summed E-state index contributed by atoms with van der Waals surface area (Å²) in [7, 11) is 0. The van der Waals surface area contributed by atoms with Crippen molar-refractivity contribution in [3.63, 3.8) is 0 Å². The van der Waals surface area contributed by atoms with E-state index in [-0.39, 0.29) is 0 Å². The van der Waals surface area contributed by atoms with E-state index < -0.39 is 0 Å². The summed E-state index contributed by atoms with van der Waals surface area (Å²) in [6.07, 6.45) is 4.59. The van der Waals surface area contributed by atoms with Gasteiger partial charge in [-0.05, 0) is 44.4 Å². The van der Waals surface area contributed by atoms with Crippen molar-refractivity contribution >= 4 is 11.0 Å². The zero-order valence-corrected chi connectivity index (χ0v) is 12.1. The minimum absolute atomic E-state index is 0.732. The van der Waals surface area contributed by atoms with E-state index in [1.807, 2.05) is 0 Å². The Kier molecular flexibility index (Phi) is 4.97. The second-order valence-corrected chi connectivity index (χ2v) is 5.15. The fourth-order valence-electron chi connectivity index (χ4n) is 2.79. The average Bonchev–Trinajstić information content (AvgIpc) is 2.80. The minimum Gasteiger partial charge on any atom is -0.330 e. The Bertz CT molecular complexity index is 516. The number of benzene rings is 1. The molecule has 0 saturated heterocycles.